The highest BCUT2D eigenvalue weighted by Gasteiger charge is 2.29. The molecule has 0 unspecified atom stereocenters. The van der Waals surface area contributed by atoms with Crippen LogP contribution in [0, 0.1) is 5.82 Å². The van der Waals surface area contributed by atoms with Gasteiger partial charge in [-0.15, -0.1) is 0 Å². The van der Waals surface area contributed by atoms with Gasteiger partial charge in [-0.2, -0.15) is 13.2 Å². The summed E-state index contributed by atoms with van der Waals surface area (Å²) in [5.41, 5.74) is 0.493. The van der Waals surface area contributed by atoms with E-state index in [9.17, 15) is 17.6 Å². The van der Waals surface area contributed by atoms with Crippen molar-refractivity contribution in [1.82, 2.24) is 5.32 Å². The zero-order chi connectivity index (χ0) is 13.9. The quantitative estimate of drug-likeness (QED) is 0.858. The van der Waals surface area contributed by atoms with Gasteiger partial charge in [0.2, 0.25) is 0 Å². The molecule has 0 spiro atoms. The first kappa shape index (κ1) is 13.9. The third-order valence-electron chi connectivity index (χ3n) is 2.77. The van der Waals surface area contributed by atoms with Crippen LogP contribution in [0.4, 0.5) is 23.2 Å². The summed E-state index contributed by atoms with van der Waals surface area (Å²) >= 11 is 0. The third-order valence-corrected chi connectivity index (χ3v) is 2.77. The largest absolute Gasteiger partial charge is 0.482 e. The lowest BCUT2D eigenvalue weighted by atomic mass is 10.2. The first-order chi connectivity index (χ1) is 8.96. The number of hydrogen-bond donors (Lipinski definition) is 1. The summed E-state index contributed by atoms with van der Waals surface area (Å²) in [5, 5.41) is 3.14. The van der Waals surface area contributed by atoms with Crippen molar-refractivity contribution in [3.05, 3.63) is 24.0 Å². The highest BCUT2D eigenvalue weighted by Crippen LogP contribution is 2.31. The molecular weight excluding hydrogens is 264 g/mol. The Labute approximate surface area is 108 Å². The number of rotatable bonds is 3. The van der Waals surface area contributed by atoms with Gasteiger partial charge in [-0.1, -0.05) is 0 Å². The number of nitrogens with one attached hydrogen (secondary N) is 1. The molecule has 0 amide bonds. The zero-order valence-electron chi connectivity index (χ0n) is 10.1. The Morgan fingerprint density at radius 1 is 1.21 bits per heavy atom. The van der Waals surface area contributed by atoms with Crippen molar-refractivity contribution >= 4 is 5.69 Å². The van der Waals surface area contributed by atoms with Crippen molar-refractivity contribution < 1.29 is 22.3 Å². The molecule has 1 aliphatic rings. The minimum absolute atomic E-state index is 0.0702. The van der Waals surface area contributed by atoms with Crippen molar-refractivity contribution in [2.45, 2.75) is 6.18 Å². The number of piperazine rings is 1. The second-order valence-electron chi connectivity index (χ2n) is 4.25. The maximum absolute atomic E-state index is 13.1. The van der Waals surface area contributed by atoms with E-state index in [0.29, 0.717) is 18.8 Å². The topological polar surface area (TPSA) is 24.5 Å². The van der Waals surface area contributed by atoms with Crippen LogP contribution in [-0.2, 0) is 0 Å². The fourth-order valence-corrected chi connectivity index (χ4v) is 1.93. The number of alkyl halides is 3. The summed E-state index contributed by atoms with van der Waals surface area (Å²) in [4.78, 5) is 1.88. The van der Waals surface area contributed by atoms with Gasteiger partial charge >= 0.3 is 6.18 Å². The average molecular weight is 278 g/mol. The van der Waals surface area contributed by atoms with E-state index >= 15 is 0 Å². The second kappa shape index (κ2) is 5.64. The molecule has 3 nitrogen and oxygen atoms in total. The summed E-state index contributed by atoms with van der Waals surface area (Å²) in [6.45, 7) is 1.34. The second-order valence-corrected chi connectivity index (χ2v) is 4.25. The van der Waals surface area contributed by atoms with E-state index < -0.39 is 18.6 Å². The van der Waals surface area contributed by atoms with E-state index in [1.54, 1.807) is 0 Å². The Kier molecular flexibility index (Phi) is 4.14. The van der Waals surface area contributed by atoms with Gasteiger partial charge in [0.15, 0.2) is 6.61 Å². The Hall–Kier alpha value is -1.50. The van der Waals surface area contributed by atoms with Crippen molar-refractivity contribution in [1.29, 1.82) is 0 Å². The van der Waals surface area contributed by atoms with Gasteiger partial charge in [0.05, 0.1) is 5.69 Å². The molecule has 1 aromatic carbocycles. The SMILES string of the molecule is Fc1ccc(N2CCNCC2)c(OCC(F)(F)F)c1. The van der Waals surface area contributed by atoms with Crippen LogP contribution in [0.1, 0.15) is 0 Å². The fourth-order valence-electron chi connectivity index (χ4n) is 1.93. The number of ether oxygens (including phenoxy) is 1. The van der Waals surface area contributed by atoms with E-state index in [1.165, 1.54) is 12.1 Å². The molecule has 106 valence electrons. The molecule has 0 aromatic heterocycles. The maximum Gasteiger partial charge on any atom is 0.422 e. The lowest BCUT2D eigenvalue weighted by Gasteiger charge is -2.30. The van der Waals surface area contributed by atoms with E-state index in [0.717, 1.165) is 19.2 Å². The van der Waals surface area contributed by atoms with Crippen molar-refractivity contribution in [2.24, 2.45) is 0 Å². The first-order valence-corrected chi connectivity index (χ1v) is 5.90. The van der Waals surface area contributed by atoms with Crippen LogP contribution >= 0.6 is 0 Å². The van der Waals surface area contributed by atoms with Crippen LogP contribution in [0.2, 0.25) is 0 Å². The van der Waals surface area contributed by atoms with Crippen molar-refractivity contribution in [3.8, 4) is 5.75 Å². The summed E-state index contributed by atoms with van der Waals surface area (Å²) < 4.78 is 54.4. The van der Waals surface area contributed by atoms with E-state index in [1.807, 2.05) is 4.90 Å². The minimum atomic E-state index is -4.44. The highest BCUT2D eigenvalue weighted by atomic mass is 19.4. The molecule has 2 rings (SSSR count). The molecule has 0 atom stereocenters. The number of hydrogen-bond acceptors (Lipinski definition) is 3. The van der Waals surface area contributed by atoms with Crippen LogP contribution in [0.3, 0.4) is 0 Å². The molecular formula is C12H14F4N2O. The Bertz CT molecular complexity index is 430. The Morgan fingerprint density at radius 2 is 1.89 bits per heavy atom. The first-order valence-electron chi connectivity index (χ1n) is 5.90. The molecule has 0 radical (unpaired) electrons. The predicted octanol–water partition coefficient (Wildman–Crippen LogP) is 2.18. The lowest BCUT2D eigenvalue weighted by molar-refractivity contribution is -0.153. The fraction of sp³-hybridized carbons (Fsp3) is 0.500. The number of anilines is 1. The lowest BCUT2D eigenvalue weighted by Crippen LogP contribution is -2.43. The van der Waals surface area contributed by atoms with Gasteiger partial charge in [-0.05, 0) is 12.1 Å². The normalized spacial score (nSPS) is 16.5. The standard InChI is InChI=1S/C12H14F4N2O/c13-9-1-2-10(18-5-3-17-4-6-18)11(7-9)19-8-12(14,15)16/h1-2,7,17H,3-6,8H2. The average Bonchev–Trinajstić information content (AvgIpc) is 2.37. The number of halogens is 4. The van der Waals surface area contributed by atoms with E-state index in [-0.39, 0.29) is 5.75 Å². The predicted molar refractivity (Wildman–Crippen MR) is 63.0 cm³/mol. The number of nitrogens with zero attached hydrogens (tertiary/aromatic N) is 1. The van der Waals surface area contributed by atoms with Crippen LogP contribution in [0.25, 0.3) is 0 Å². The van der Waals surface area contributed by atoms with Crippen LogP contribution < -0.4 is 15.0 Å². The Balaban J connectivity index is 2.17. The molecule has 7 heteroatoms. The molecule has 1 aliphatic heterocycles. The zero-order valence-corrected chi connectivity index (χ0v) is 10.1. The molecule has 19 heavy (non-hydrogen) atoms. The molecule has 1 heterocycles. The van der Waals surface area contributed by atoms with E-state index in [2.05, 4.69) is 5.32 Å². The molecule has 0 saturated carbocycles. The van der Waals surface area contributed by atoms with Gasteiger partial charge in [0, 0.05) is 32.2 Å². The van der Waals surface area contributed by atoms with Crippen molar-refractivity contribution in [2.75, 3.05) is 37.7 Å². The maximum atomic E-state index is 13.1. The molecule has 1 fully saturated rings. The molecule has 1 aromatic rings. The van der Waals surface area contributed by atoms with Crippen molar-refractivity contribution in [3.63, 3.8) is 0 Å². The minimum Gasteiger partial charge on any atom is -0.482 e. The van der Waals surface area contributed by atoms with Gasteiger partial charge in [-0.25, -0.2) is 4.39 Å². The summed E-state index contributed by atoms with van der Waals surface area (Å²) in [5.74, 6) is -0.685. The smallest absolute Gasteiger partial charge is 0.422 e. The third kappa shape index (κ3) is 3.99. The highest BCUT2D eigenvalue weighted by molar-refractivity contribution is 5.59. The molecule has 1 N–H and O–H groups in total. The van der Waals surface area contributed by atoms with E-state index in [4.69, 9.17) is 4.74 Å². The van der Waals surface area contributed by atoms with Crippen LogP contribution in [0.15, 0.2) is 18.2 Å². The van der Waals surface area contributed by atoms with Gasteiger partial charge in [-0.3, -0.25) is 0 Å². The summed E-state index contributed by atoms with van der Waals surface area (Å²) in [6, 6.07) is 3.66. The molecule has 0 bridgehead atoms. The van der Waals surface area contributed by atoms with Gasteiger partial charge < -0.3 is 15.0 Å². The Morgan fingerprint density at radius 3 is 2.53 bits per heavy atom. The monoisotopic (exact) mass is 278 g/mol. The molecule has 0 aliphatic carbocycles. The van der Waals surface area contributed by atoms with Crippen LogP contribution in [0.5, 0.6) is 5.75 Å². The van der Waals surface area contributed by atoms with Gasteiger partial charge in [0.1, 0.15) is 11.6 Å². The number of benzene rings is 1. The summed E-state index contributed by atoms with van der Waals surface area (Å²) in [6.07, 6.45) is -4.44. The summed E-state index contributed by atoms with van der Waals surface area (Å²) in [7, 11) is 0. The molecule has 1 saturated heterocycles. The van der Waals surface area contributed by atoms with Gasteiger partial charge in [0.25, 0.3) is 0 Å². The van der Waals surface area contributed by atoms with Crippen LogP contribution in [-0.4, -0.2) is 39.0 Å².